The van der Waals surface area contributed by atoms with Crippen molar-refractivity contribution in [2.45, 2.75) is 44.7 Å². The fourth-order valence-electron chi connectivity index (χ4n) is 3.42. The van der Waals surface area contributed by atoms with Crippen LogP contribution in [0.4, 0.5) is 4.39 Å². The summed E-state index contributed by atoms with van der Waals surface area (Å²) in [7, 11) is 0. The number of hydrogen-bond acceptors (Lipinski definition) is 2. The lowest BCUT2D eigenvalue weighted by molar-refractivity contribution is 0.289. The fraction of sp³-hybridized carbons (Fsp3) is 0.562. The number of fused-ring (bicyclic) bond motifs is 1. The molecule has 1 saturated carbocycles. The Hall–Kier alpha value is -1.42. The predicted octanol–water partition coefficient (Wildman–Crippen LogP) is 3.57. The van der Waals surface area contributed by atoms with E-state index in [0.29, 0.717) is 18.0 Å². The monoisotopic (exact) mass is 273 g/mol. The summed E-state index contributed by atoms with van der Waals surface area (Å²) >= 11 is 0. The summed E-state index contributed by atoms with van der Waals surface area (Å²) in [5.74, 6) is 1.50. The number of imidazole rings is 1. The molecule has 106 valence electrons. The molecule has 20 heavy (non-hydrogen) atoms. The molecule has 1 aliphatic carbocycles. The summed E-state index contributed by atoms with van der Waals surface area (Å²) in [6.45, 7) is 3.34. The normalized spacial score (nSPS) is 27.1. The molecule has 4 rings (SSSR count). The molecule has 1 aliphatic heterocycles. The van der Waals surface area contributed by atoms with Gasteiger partial charge in [0.2, 0.25) is 0 Å². The second-order valence-electron chi connectivity index (χ2n) is 6.26. The average Bonchev–Trinajstić information content (AvgIpc) is 3.20. The van der Waals surface area contributed by atoms with Crippen LogP contribution >= 0.6 is 0 Å². The van der Waals surface area contributed by atoms with E-state index >= 15 is 0 Å². The van der Waals surface area contributed by atoms with Gasteiger partial charge in [-0.05, 0) is 50.3 Å². The highest BCUT2D eigenvalue weighted by Gasteiger charge is 2.33. The third kappa shape index (κ3) is 1.94. The fourth-order valence-corrected chi connectivity index (χ4v) is 3.42. The van der Waals surface area contributed by atoms with Crippen molar-refractivity contribution in [2.24, 2.45) is 5.92 Å². The van der Waals surface area contributed by atoms with Crippen LogP contribution < -0.4 is 5.32 Å². The quantitative estimate of drug-likeness (QED) is 0.906. The van der Waals surface area contributed by atoms with Crippen LogP contribution in [0.3, 0.4) is 0 Å². The molecular formula is C16H20FN3. The molecule has 4 heteroatoms. The van der Waals surface area contributed by atoms with Crippen LogP contribution in [0.25, 0.3) is 11.0 Å². The van der Waals surface area contributed by atoms with Gasteiger partial charge in [-0.2, -0.15) is 0 Å². The van der Waals surface area contributed by atoms with E-state index in [9.17, 15) is 4.39 Å². The van der Waals surface area contributed by atoms with Crippen molar-refractivity contribution < 1.29 is 4.39 Å². The Kier molecular flexibility index (Phi) is 2.81. The van der Waals surface area contributed by atoms with Crippen molar-refractivity contribution in [3.05, 3.63) is 29.8 Å². The van der Waals surface area contributed by atoms with Gasteiger partial charge in [0, 0.05) is 12.1 Å². The second-order valence-corrected chi connectivity index (χ2v) is 6.26. The van der Waals surface area contributed by atoms with Crippen molar-refractivity contribution in [3.8, 4) is 0 Å². The Morgan fingerprint density at radius 2 is 2.15 bits per heavy atom. The second kappa shape index (κ2) is 4.55. The molecule has 2 aliphatic rings. The van der Waals surface area contributed by atoms with E-state index in [1.807, 2.05) is 6.07 Å². The van der Waals surface area contributed by atoms with Gasteiger partial charge in [-0.15, -0.1) is 0 Å². The molecule has 2 aromatic rings. The SMILES string of the molecule is CC1CCCNC1c1nc2cc(F)ccc2n1C1CC1. The molecule has 1 saturated heterocycles. The summed E-state index contributed by atoms with van der Waals surface area (Å²) in [5, 5.41) is 3.61. The summed E-state index contributed by atoms with van der Waals surface area (Å²) in [4.78, 5) is 4.77. The molecule has 2 heterocycles. The van der Waals surface area contributed by atoms with Crippen LogP contribution in [-0.4, -0.2) is 16.1 Å². The molecular weight excluding hydrogens is 253 g/mol. The van der Waals surface area contributed by atoms with Crippen LogP contribution in [0, 0.1) is 11.7 Å². The van der Waals surface area contributed by atoms with Gasteiger partial charge in [-0.3, -0.25) is 0 Å². The first-order valence-electron chi connectivity index (χ1n) is 7.65. The molecule has 3 nitrogen and oxygen atoms in total. The van der Waals surface area contributed by atoms with Crippen LogP contribution in [0.15, 0.2) is 18.2 Å². The van der Waals surface area contributed by atoms with Gasteiger partial charge < -0.3 is 9.88 Å². The first kappa shape index (κ1) is 12.3. The van der Waals surface area contributed by atoms with Crippen molar-refractivity contribution in [3.63, 3.8) is 0 Å². The van der Waals surface area contributed by atoms with E-state index in [1.54, 1.807) is 12.1 Å². The van der Waals surface area contributed by atoms with Crippen molar-refractivity contribution in [2.75, 3.05) is 6.54 Å². The van der Waals surface area contributed by atoms with Gasteiger partial charge >= 0.3 is 0 Å². The molecule has 1 N–H and O–H groups in total. The standard InChI is InChI=1S/C16H20FN3/c1-10-3-2-8-18-15(10)16-19-13-9-11(17)4-7-14(13)20(16)12-5-6-12/h4,7,9-10,12,15,18H,2-3,5-6,8H2,1H3. The van der Waals surface area contributed by atoms with E-state index in [4.69, 9.17) is 4.98 Å². The number of aromatic nitrogens is 2. The van der Waals surface area contributed by atoms with Crippen LogP contribution in [-0.2, 0) is 0 Å². The Labute approximate surface area is 118 Å². The number of hydrogen-bond donors (Lipinski definition) is 1. The smallest absolute Gasteiger partial charge is 0.127 e. The maximum absolute atomic E-state index is 13.4. The highest BCUT2D eigenvalue weighted by Crippen LogP contribution is 2.41. The molecule has 2 atom stereocenters. The summed E-state index contributed by atoms with van der Waals surface area (Å²) in [6.07, 6.45) is 4.91. The zero-order valence-corrected chi connectivity index (χ0v) is 11.8. The molecule has 1 aromatic carbocycles. The van der Waals surface area contributed by atoms with Crippen molar-refractivity contribution >= 4 is 11.0 Å². The van der Waals surface area contributed by atoms with Crippen molar-refractivity contribution in [1.82, 2.24) is 14.9 Å². The van der Waals surface area contributed by atoms with E-state index in [-0.39, 0.29) is 5.82 Å². The van der Waals surface area contributed by atoms with Gasteiger partial charge in [-0.1, -0.05) is 6.92 Å². The van der Waals surface area contributed by atoms with Crippen molar-refractivity contribution in [1.29, 1.82) is 0 Å². The molecule has 2 unspecified atom stereocenters. The summed E-state index contributed by atoms with van der Waals surface area (Å²) in [5.41, 5.74) is 1.88. The highest BCUT2D eigenvalue weighted by molar-refractivity contribution is 5.76. The zero-order valence-electron chi connectivity index (χ0n) is 11.8. The lowest BCUT2D eigenvalue weighted by Gasteiger charge is -2.30. The minimum Gasteiger partial charge on any atom is -0.324 e. The third-order valence-electron chi connectivity index (χ3n) is 4.64. The molecule has 1 aromatic heterocycles. The number of halogens is 1. The van der Waals surface area contributed by atoms with Gasteiger partial charge in [-0.25, -0.2) is 9.37 Å². The van der Waals surface area contributed by atoms with Gasteiger partial charge in [0.25, 0.3) is 0 Å². The molecule has 0 spiro atoms. The maximum Gasteiger partial charge on any atom is 0.127 e. The Balaban J connectivity index is 1.86. The molecule has 0 amide bonds. The first-order valence-corrected chi connectivity index (χ1v) is 7.65. The van der Waals surface area contributed by atoms with E-state index in [2.05, 4.69) is 16.8 Å². The number of rotatable bonds is 2. The number of nitrogens with one attached hydrogen (secondary N) is 1. The number of nitrogens with zero attached hydrogens (tertiary/aromatic N) is 2. The topological polar surface area (TPSA) is 29.9 Å². The molecule has 2 fully saturated rings. The Morgan fingerprint density at radius 1 is 1.30 bits per heavy atom. The van der Waals surface area contributed by atoms with Crippen LogP contribution in [0.2, 0.25) is 0 Å². The largest absolute Gasteiger partial charge is 0.324 e. The lowest BCUT2D eigenvalue weighted by Crippen LogP contribution is -2.34. The number of benzene rings is 1. The van der Waals surface area contributed by atoms with E-state index < -0.39 is 0 Å². The van der Waals surface area contributed by atoms with Gasteiger partial charge in [0.05, 0.1) is 17.1 Å². The van der Waals surface area contributed by atoms with Crippen LogP contribution in [0.1, 0.15) is 50.5 Å². The Bertz CT molecular complexity index is 644. The maximum atomic E-state index is 13.4. The average molecular weight is 273 g/mol. The van der Waals surface area contributed by atoms with E-state index in [1.165, 1.54) is 25.7 Å². The molecule has 0 bridgehead atoms. The van der Waals surface area contributed by atoms with Gasteiger partial charge in [0.15, 0.2) is 0 Å². The number of piperidine rings is 1. The Morgan fingerprint density at radius 3 is 2.90 bits per heavy atom. The lowest BCUT2D eigenvalue weighted by atomic mass is 9.92. The van der Waals surface area contributed by atoms with E-state index in [0.717, 1.165) is 23.4 Å². The third-order valence-corrected chi connectivity index (χ3v) is 4.64. The summed E-state index contributed by atoms with van der Waals surface area (Å²) in [6, 6.07) is 5.86. The minimum absolute atomic E-state index is 0.200. The minimum atomic E-state index is -0.200. The first-order chi connectivity index (χ1) is 9.74. The van der Waals surface area contributed by atoms with Crippen LogP contribution in [0.5, 0.6) is 0 Å². The highest BCUT2D eigenvalue weighted by atomic mass is 19.1. The zero-order chi connectivity index (χ0) is 13.7. The predicted molar refractivity (Wildman–Crippen MR) is 77.1 cm³/mol. The molecule has 0 radical (unpaired) electrons. The summed E-state index contributed by atoms with van der Waals surface area (Å²) < 4.78 is 15.8. The van der Waals surface area contributed by atoms with Gasteiger partial charge in [0.1, 0.15) is 11.6 Å².